The molecule has 0 amide bonds. The molecule has 0 aliphatic carbocycles. The minimum absolute atomic E-state index is 0.516. The van der Waals surface area contributed by atoms with Gasteiger partial charge in [0.2, 0.25) is 0 Å². The number of H-pyrrole nitrogens is 1. The zero-order valence-corrected chi connectivity index (χ0v) is 9.16. The summed E-state index contributed by atoms with van der Waals surface area (Å²) in [4.78, 5) is 8.00. The highest BCUT2D eigenvalue weighted by atomic mass is 15.0. The third kappa shape index (κ3) is 1.65. The fraction of sp³-hybridized carbons (Fsp3) is 0.417. The van der Waals surface area contributed by atoms with Crippen LogP contribution in [-0.4, -0.2) is 23.1 Å². The highest BCUT2D eigenvalue weighted by molar-refractivity contribution is 5.78. The maximum atomic E-state index is 5.75. The Hall–Kier alpha value is -1.55. The van der Waals surface area contributed by atoms with Gasteiger partial charge in [-0.3, -0.25) is 0 Å². The molecule has 4 nitrogen and oxygen atoms in total. The van der Waals surface area contributed by atoms with E-state index in [0.29, 0.717) is 5.92 Å². The molecule has 1 atom stereocenters. The third-order valence-electron chi connectivity index (χ3n) is 3.21. The Bertz CT molecular complexity index is 497. The van der Waals surface area contributed by atoms with Gasteiger partial charge in [0.15, 0.2) is 0 Å². The third-order valence-corrected chi connectivity index (χ3v) is 3.21. The predicted octanol–water partition coefficient (Wildman–Crippen LogP) is 1.61. The van der Waals surface area contributed by atoms with E-state index in [4.69, 9.17) is 5.73 Å². The van der Waals surface area contributed by atoms with E-state index in [1.165, 1.54) is 12.8 Å². The van der Waals surface area contributed by atoms with E-state index in [9.17, 15) is 0 Å². The Balaban J connectivity index is 1.97. The van der Waals surface area contributed by atoms with Gasteiger partial charge in [-0.05, 0) is 37.6 Å². The fourth-order valence-corrected chi connectivity index (χ4v) is 2.33. The molecule has 1 unspecified atom stereocenters. The van der Waals surface area contributed by atoms with Crippen LogP contribution in [0.3, 0.4) is 0 Å². The first kappa shape index (κ1) is 9.66. The van der Waals surface area contributed by atoms with Crippen molar-refractivity contribution in [3.63, 3.8) is 0 Å². The van der Waals surface area contributed by atoms with Crippen LogP contribution in [0.25, 0.3) is 11.0 Å². The number of rotatable bonds is 1. The number of benzene rings is 1. The molecule has 0 spiro atoms. The molecule has 2 heterocycles. The van der Waals surface area contributed by atoms with E-state index in [0.717, 1.165) is 35.6 Å². The molecule has 0 saturated carbocycles. The molecule has 1 aromatic heterocycles. The number of nitrogens with one attached hydrogen (secondary N) is 2. The predicted molar refractivity (Wildman–Crippen MR) is 65.4 cm³/mol. The van der Waals surface area contributed by atoms with E-state index in [2.05, 4.69) is 15.3 Å². The maximum Gasteiger partial charge on any atom is 0.111 e. The number of piperidine rings is 1. The van der Waals surface area contributed by atoms with Gasteiger partial charge in [-0.15, -0.1) is 0 Å². The Morgan fingerprint density at radius 2 is 2.31 bits per heavy atom. The summed E-state index contributed by atoms with van der Waals surface area (Å²) < 4.78 is 0. The number of hydrogen-bond donors (Lipinski definition) is 3. The first-order valence-electron chi connectivity index (χ1n) is 5.79. The van der Waals surface area contributed by atoms with Gasteiger partial charge in [-0.25, -0.2) is 4.98 Å². The molecular weight excluding hydrogens is 200 g/mol. The summed E-state index contributed by atoms with van der Waals surface area (Å²) in [6.07, 6.45) is 2.44. The van der Waals surface area contributed by atoms with Crippen molar-refractivity contribution < 1.29 is 0 Å². The summed E-state index contributed by atoms with van der Waals surface area (Å²) in [6, 6.07) is 5.81. The molecule has 4 N–H and O–H groups in total. The number of anilines is 1. The van der Waals surface area contributed by atoms with Crippen molar-refractivity contribution in [2.45, 2.75) is 18.8 Å². The zero-order chi connectivity index (χ0) is 11.0. The lowest BCUT2D eigenvalue weighted by molar-refractivity contribution is 0.449. The fourth-order valence-electron chi connectivity index (χ4n) is 2.33. The second-order valence-electron chi connectivity index (χ2n) is 4.44. The van der Waals surface area contributed by atoms with Gasteiger partial charge in [0.1, 0.15) is 5.82 Å². The Morgan fingerprint density at radius 1 is 1.38 bits per heavy atom. The normalized spacial score (nSPS) is 21.4. The van der Waals surface area contributed by atoms with E-state index >= 15 is 0 Å². The van der Waals surface area contributed by atoms with Crippen LogP contribution in [0.2, 0.25) is 0 Å². The van der Waals surface area contributed by atoms with Crippen molar-refractivity contribution >= 4 is 16.7 Å². The van der Waals surface area contributed by atoms with Gasteiger partial charge in [0.05, 0.1) is 11.0 Å². The largest absolute Gasteiger partial charge is 0.399 e. The Labute approximate surface area is 94.3 Å². The number of hydrogen-bond acceptors (Lipinski definition) is 3. The minimum Gasteiger partial charge on any atom is -0.399 e. The molecule has 0 radical (unpaired) electrons. The van der Waals surface area contributed by atoms with E-state index in [1.54, 1.807) is 0 Å². The summed E-state index contributed by atoms with van der Waals surface area (Å²) in [6.45, 7) is 2.15. The van der Waals surface area contributed by atoms with Crippen LogP contribution in [0.15, 0.2) is 18.2 Å². The molecular formula is C12H16N4. The monoisotopic (exact) mass is 216 g/mol. The molecule has 4 heteroatoms. The van der Waals surface area contributed by atoms with Crippen LogP contribution in [-0.2, 0) is 0 Å². The Kier molecular flexibility index (Phi) is 2.29. The van der Waals surface area contributed by atoms with Crippen LogP contribution in [0, 0.1) is 0 Å². The topological polar surface area (TPSA) is 66.7 Å². The van der Waals surface area contributed by atoms with Gasteiger partial charge >= 0.3 is 0 Å². The van der Waals surface area contributed by atoms with Gasteiger partial charge in [-0.1, -0.05) is 0 Å². The average molecular weight is 216 g/mol. The van der Waals surface area contributed by atoms with Crippen molar-refractivity contribution in [2.24, 2.45) is 0 Å². The molecule has 2 aromatic rings. The summed E-state index contributed by atoms with van der Waals surface area (Å²) >= 11 is 0. The van der Waals surface area contributed by atoms with Crippen LogP contribution in [0.4, 0.5) is 5.69 Å². The standard InChI is InChI=1S/C12H16N4/c13-9-3-4-10-11(6-9)16-12(15-10)8-2-1-5-14-7-8/h3-4,6,8,14H,1-2,5,7,13H2,(H,15,16). The molecule has 16 heavy (non-hydrogen) atoms. The first-order chi connectivity index (χ1) is 7.83. The first-order valence-corrected chi connectivity index (χ1v) is 5.79. The number of aromatic amines is 1. The average Bonchev–Trinajstić information content (AvgIpc) is 2.73. The molecule has 1 aromatic carbocycles. The number of aromatic nitrogens is 2. The lowest BCUT2D eigenvalue weighted by Crippen LogP contribution is -2.28. The molecule has 1 fully saturated rings. The van der Waals surface area contributed by atoms with Crippen LogP contribution >= 0.6 is 0 Å². The number of fused-ring (bicyclic) bond motifs is 1. The minimum atomic E-state index is 0.516. The highest BCUT2D eigenvalue weighted by Crippen LogP contribution is 2.24. The summed E-state index contributed by atoms with van der Waals surface area (Å²) in [7, 11) is 0. The van der Waals surface area contributed by atoms with Crippen LogP contribution < -0.4 is 11.1 Å². The number of nitrogens with zero attached hydrogens (tertiary/aromatic N) is 1. The SMILES string of the molecule is Nc1ccc2nc(C3CCCNC3)[nH]c2c1. The lowest BCUT2D eigenvalue weighted by Gasteiger charge is -2.20. The van der Waals surface area contributed by atoms with Crippen molar-refractivity contribution in [1.29, 1.82) is 0 Å². The van der Waals surface area contributed by atoms with Crippen molar-refractivity contribution in [1.82, 2.24) is 15.3 Å². The second kappa shape index (κ2) is 3.79. The van der Waals surface area contributed by atoms with E-state index in [-0.39, 0.29) is 0 Å². The van der Waals surface area contributed by atoms with Crippen LogP contribution in [0.5, 0.6) is 0 Å². The van der Waals surface area contributed by atoms with Gasteiger partial charge in [0, 0.05) is 18.2 Å². The van der Waals surface area contributed by atoms with Gasteiger partial charge in [0.25, 0.3) is 0 Å². The number of imidazole rings is 1. The van der Waals surface area contributed by atoms with Crippen molar-refractivity contribution in [3.8, 4) is 0 Å². The van der Waals surface area contributed by atoms with Crippen molar-refractivity contribution in [3.05, 3.63) is 24.0 Å². The molecule has 84 valence electrons. The number of nitrogens with two attached hydrogens (primary N) is 1. The second-order valence-corrected chi connectivity index (χ2v) is 4.44. The van der Waals surface area contributed by atoms with Gasteiger partial charge in [-0.2, -0.15) is 0 Å². The van der Waals surface area contributed by atoms with E-state index < -0.39 is 0 Å². The maximum absolute atomic E-state index is 5.75. The van der Waals surface area contributed by atoms with E-state index in [1.807, 2.05) is 18.2 Å². The zero-order valence-electron chi connectivity index (χ0n) is 9.16. The van der Waals surface area contributed by atoms with Crippen LogP contribution in [0.1, 0.15) is 24.6 Å². The molecule has 1 saturated heterocycles. The lowest BCUT2D eigenvalue weighted by atomic mass is 9.99. The summed E-state index contributed by atoms with van der Waals surface area (Å²) in [5.74, 6) is 1.61. The highest BCUT2D eigenvalue weighted by Gasteiger charge is 2.18. The Morgan fingerprint density at radius 3 is 3.12 bits per heavy atom. The summed E-state index contributed by atoms with van der Waals surface area (Å²) in [5.41, 5.74) is 8.58. The number of nitrogen functional groups attached to an aromatic ring is 1. The molecule has 3 rings (SSSR count). The van der Waals surface area contributed by atoms with Crippen molar-refractivity contribution in [2.75, 3.05) is 18.8 Å². The van der Waals surface area contributed by atoms with Gasteiger partial charge < -0.3 is 16.0 Å². The molecule has 0 bridgehead atoms. The molecule has 1 aliphatic rings. The quantitative estimate of drug-likeness (QED) is 0.634. The molecule has 1 aliphatic heterocycles. The smallest absolute Gasteiger partial charge is 0.111 e. The summed E-state index contributed by atoms with van der Waals surface area (Å²) in [5, 5.41) is 3.40.